The number of nitrogens with zero attached hydrogens (tertiary/aromatic N) is 1. The van der Waals surface area contributed by atoms with Gasteiger partial charge in [-0.1, -0.05) is 78.0 Å². The molecular formula is C26H22ClNO4S2. The minimum Gasteiger partial charge on any atom is -0.493 e. The molecule has 1 heterocycles. The Morgan fingerprint density at radius 1 is 0.941 bits per heavy atom. The van der Waals surface area contributed by atoms with Gasteiger partial charge in [-0.25, -0.2) is 0 Å². The lowest BCUT2D eigenvalue weighted by atomic mass is 10.1. The van der Waals surface area contributed by atoms with Crippen molar-refractivity contribution in [2.75, 3.05) is 20.3 Å². The molecule has 3 aromatic rings. The second-order valence-electron chi connectivity index (χ2n) is 7.28. The number of thiocarbonyl (C=S) groups is 1. The molecule has 0 radical (unpaired) electrons. The van der Waals surface area contributed by atoms with Crippen molar-refractivity contribution in [1.29, 1.82) is 0 Å². The number of rotatable bonds is 9. The number of para-hydroxylation sites is 2. The molecule has 5 nitrogen and oxygen atoms in total. The van der Waals surface area contributed by atoms with Crippen LogP contribution in [0.2, 0.25) is 5.02 Å². The normalized spacial score (nSPS) is 14.5. The number of carbonyl (C=O) groups is 1. The highest BCUT2D eigenvalue weighted by Gasteiger charge is 2.32. The maximum atomic E-state index is 13.0. The fourth-order valence-corrected chi connectivity index (χ4v) is 4.77. The van der Waals surface area contributed by atoms with Crippen LogP contribution >= 0.6 is 35.6 Å². The van der Waals surface area contributed by atoms with Crippen LogP contribution in [0.25, 0.3) is 6.08 Å². The molecule has 0 spiro atoms. The number of thioether (sulfide) groups is 1. The monoisotopic (exact) mass is 511 g/mol. The second kappa shape index (κ2) is 11.4. The Morgan fingerprint density at radius 2 is 1.62 bits per heavy atom. The molecule has 1 saturated heterocycles. The lowest BCUT2D eigenvalue weighted by Gasteiger charge is -2.14. The van der Waals surface area contributed by atoms with Gasteiger partial charge in [-0.2, -0.15) is 0 Å². The third-order valence-electron chi connectivity index (χ3n) is 4.98. The highest BCUT2D eigenvalue weighted by atomic mass is 35.5. The number of benzene rings is 3. The predicted molar refractivity (Wildman–Crippen MR) is 141 cm³/mol. The zero-order valence-corrected chi connectivity index (χ0v) is 20.8. The first-order valence-corrected chi connectivity index (χ1v) is 12.1. The number of hydrogen-bond acceptors (Lipinski definition) is 6. The van der Waals surface area contributed by atoms with E-state index in [0.717, 1.165) is 5.56 Å². The van der Waals surface area contributed by atoms with Crippen molar-refractivity contribution in [3.63, 3.8) is 0 Å². The molecule has 0 N–H and O–H groups in total. The highest BCUT2D eigenvalue weighted by Crippen LogP contribution is 2.36. The van der Waals surface area contributed by atoms with Gasteiger partial charge in [0, 0.05) is 10.6 Å². The first-order chi connectivity index (χ1) is 16.5. The van der Waals surface area contributed by atoms with Crippen LogP contribution in [-0.4, -0.2) is 35.5 Å². The summed E-state index contributed by atoms with van der Waals surface area (Å²) in [5.74, 6) is 1.77. The van der Waals surface area contributed by atoms with E-state index in [1.165, 1.54) is 11.8 Å². The molecule has 1 aliphatic rings. The van der Waals surface area contributed by atoms with Crippen molar-refractivity contribution >= 4 is 51.9 Å². The lowest BCUT2D eigenvalue weighted by molar-refractivity contribution is -0.122. The standard InChI is InChI=1S/C26H22ClNO4S2/c1-30-22-9-5-6-10-23(22)32-14-13-31-21-12-11-20(27)15-19(21)16-24-25(29)28(26(33)34-24)17-18-7-3-2-4-8-18/h2-12,15-16H,13-14,17H2,1H3/b24-16-. The van der Waals surface area contributed by atoms with E-state index in [0.29, 0.717) is 56.8 Å². The number of ether oxygens (including phenoxy) is 3. The average molecular weight is 512 g/mol. The average Bonchev–Trinajstić information content (AvgIpc) is 3.11. The van der Waals surface area contributed by atoms with Crippen molar-refractivity contribution in [3.8, 4) is 17.2 Å². The van der Waals surface area contributed by atoms with E-state index in [4.69, 9.17) is 38.0 Å². The van der Waals surface area contributed by atoms with E-state index < -0.39 is 0 Å². The summed E-state index contributed by atoms with van der Waals surface area (Å²) in [4.78, 5) is 15.2. The van der Waals surface area contributed by atoms with E-state index in [9.17, 15) is 4.79 Å². The lowest BCUT2D eigenvalue weighted by Crippen LogP contribution is -2.27. The molecule has 4 rings (SSSR count). The summed E-state index contributed by atoms with van der Waals surface area (Å²) < 4.78 is 17.5. The molecule has 8 heteroatoms. The number of amides is 1. The van der Waals surface area contributed by atoms with E-state index in [1.807, 2.05) is 54.6 Å². The number of halogens is 1. The number of carbonyl (C=O) groups excluding carboxylic acids is 1. The largest absolute Gasteiger partial charge is 0.493 e. The Morgan fingerprint density at radius 3 is 2.35 bits per heavy atom. The van der Waals surface area contributed by atoms with Gasteiger partial charge >= 0.3 is 0 Å². The Kier molecular flexibility index (Phi) is 8.11. The number of hydrogen-bond donors (Lipinski definition) is 0. The Labute approximate surface area is 213 Å². The van der Waals surface area contributed by atoms with Crippen LogP contribution in [0.15, 0.2) is 77.7 Å². The van der Waals surface area contributed by atoms with Crippen LogP contribution in [0, 0.1) is 0 Å². The molecule has 0 unspecified atom stereocenters. The molecule has 0 saturated carbocycles. The molecule has 0 atom stereocenters. The molecule has 1 aliphatic heterocycles. The van der Waals surface area contributed by atoms with Gasteiger partial charge in [-0.05, 0) is 42.0 Å². The van der Waals surface area contributed by atoms with Gasteiger partial charge in [0.25, 0.3) is 5.91 Å². The van der Waals surface area contributed by atoms with Gasteiger partial charge in [0.15, 0.2) is 11.5 Å². The smallest absolute Gasteiger partial charge is 0.266 e. The summed E-state index contributed by atoms with van der Waals surface area (Å²) in [7, 11) is 1.60. The molecule has 1 amide bonds. The molecular weight excluding hydrogens is 490 g/mol. The molecule has 1 fully saturated rings. The first kappa shape index (κ1) is 24.1. The number of methoxy groups -OCH3 is 1. The van der Waals surface area contributed by atoms with Crippen molar-refractivity contribution in [1.82, 2.24) is 4.90 Å². The highest BCUT2D eigenvalue weighted by molar-refractivity contribution is 8.26. The Balaban J connectivity index is 1.44. The van der Waals surface area contributed by atoms with Gasteiger partial charge in [0.05, 0.1) is 18.6 Å². The topological polar surface area (TPSA) is 48.0 Å². The van der Waals surface area contributed by atoms with Gasteiger partial charge in [0.2, 0.25) is 0 Å². The quantitative estimate of drug-likeness (QED) is 0.193. The van der Waals surface area contributed by atoms with Crippen LogP contribution in [-0.2, 0) is 11.3 Å². The van der Waals surface area contributed by atoms with Crippen molar-refractivity contribution in [2.24, 2.45) is 0 Å². The molecule has 0 aliphatic carbocycles. The van der Waals surface area contributed by atoms with Gasteiger partial charge in [-0.3, -0.25) is 9.69 Å². The Hall–Kier alpha value is -3.00. The maximum absolute atomic E-state index is 13.0. The van der Waals surface area contributed by atoms with E-state index in [-0.39, 0.29) is 5.91 Å². The zero-order valence-electron chi connectivity index (χ0n) is 18.4. The summed E-state index contributed by atoms with van der Waals surface area (Å²) >= 11 is 13.0. The van der Waals surface area contributed by atoms with Gasteiger partial charge < -0.3 is 14.2 Å². The van der Waals surface area contributed by atoms with E-state index in [2.05, 4.69) is 0 Å². The second-order valence-corrected chi connectivity index (χ2v) is 9.40. The summed E-state index contributed by atoms with van der Waals surface area (Å²) in [6.45, 7) is 1.05. The maximum Gasteiger partial charge on any atom is 0.266 e. The summed E-state index contributed by atoms with van der Waals surface area (Å²) in [5, 5.41) is 0.545. The molecule has 174 valence electrons. The third-order valence-corrected chi connectivity index (χ3v) is 6.60. The van der Waals surface area contributed by atoms with Crippen molar-refractivity contribution in [3.05, 3.63) is 93.9 Å². The summed E-state index contributed by atoms with van der Waals surface area (Å²) in [5.41, 5.74) is 1.71. The molecule has 0 bridgehead atoms. The predicted octanol–water partition coefficient (Wildman–Crippen LogP) is 6.21. The third kappa shape index (κ3) is 5.91. The SMILES string of the molecule is COc1ccccc1OCCOc1ccc(Cl)cc1/C=C1\SC(=S)N(Cc2ccccc2)C1=O. The summed E-state index contributed by atoms with van der Waals surface area (Å²) in [6, 6.07) is 22.5. The molecule has 3 aromatic carbocycles. The van der Waals surface area contributed by atoms with Crippen LogP contribution < -0.4 is 14.2 Å². The van der Waals surface area contributed by atoms with Crippen molar-refractivity contribution < 1.29 is 19.0 Å². The summed E-state index contributed by atoms with van der Waals surface area (Å²) in [6.07, 6.45) is 1.77. The van der Waals surface area contributed by atoms with Crippen molar-refractivity contribution in [2.45, 2.75) is 6.54 Å². The van der Waals surface area contributed by atoms with Crippen LogP contribution in [0.3, 0.4) is 0 Å². The van der Waals surface area contributed by atoms with E-state index in [1.54, 1.807) is 36.3 Å². The Bertz CT molecular complexity index is 1220. The van der Waals surface area contributed by atoms with Crippen LogP contribution in [0.5, 0.6) is 17.2 Å². The van der Waals surface area contributed by atoms with Gasteiger partial charge in [0.1, 0.15) is 23.3 Å². The van der Waals surface area contributed by atoms with Crippen LogP contribution in [0.1, 0.15) is 11.1 Å². The zero-order chi connectivity index (χ0) is 23.9. The van der Waals surface area contributed by atoms with E-state index >= 15 is 0 Å². The first-order valence-electron chi connectivity index (χ1n) is 10.5. The molecule has 0 aromatic heterocycles. The molecule has 34 heavy (non-hydrogen) atoms. The fraction of sp³-hybridized carbons (Fsp3) is 0.154. The van der Waals surface area contributed by atoms with Crippen LogP contribution in [0.4, 0.5) is 0 Å². The van der Waals surface area contributed by atoms with Gasteiger partial charge in [-0.15, -0.1) is 0 Å². The minimum atomic E-state index is -0.135. The minimum absolute atomic E-state index is 0.135. The fourth-order valence-electron chi connectivity index (χ4n) is 3.35.